The van der Waals surface area contributed by atoms with Gasteiger partial charge >= 0.3 is 11.9 Å². The highest BCUT2D eigenvalue weighted by atomic mass is 32.2. The highest BCUT2D eigenvalue weighted by molar-refractivity contribution is 7.85. The van der Waals surface area contributed by atoms with Gasteiger partial charge in [0.15, 0.2) is 12.4 Å². The third kappa shape index (κ3) is 29.1. The van der Waals surface area contributed by atoms with Gasteiger partial charge in [-0.2, -0.15) is 8.42 Å². The maximum atomic E-state index is 12.7. The Kier molecular flexibility index (Phi) is 31.6. The van der Waals surface area contributed by atoms with E-state index in [4.69, 9.17) is 18.9 Å². The number of carbonyl (C=O) groups excluding carboxylic acids is 2. The smallest absolute Gasteiger partial charge is 0.310 e. The number of carbonyl (C=O) groups is 2. The minimum absolute atomic E-state index is 0.0756. The van der Waals surface area contributed by atoms with Crippen molar-refractivity contribution in [2.75, 3.05) is 19.0 Å². The number of allylic oxidation sites excluding steroid dienone is 13. The fourth-order valence-electron chi connectivity index (χ4n) is 5.72. The van der Waals surface area contributed by atoms with Crippen LogP contribution in [0, 0.1) is 0 Å². The van der Waals surface area contributed by atoms with Gasteiger partial charge in [-0.3, -0.25) is 14.1 Å². The third-order valence-electron chi connectivity index (χ3n) is 8.99. The number of esters is 2. The normalized spacial score (nSPS) is 21.2. The van der Waals surface area contributed by atoms with Crippen LogP contribution in [-0.4, -0.2) is 96.0 Å². The molecule has 12 nitrogen and oxygen atoms in total. The summed E-state index contributed by atoms with van der Waals surface area (Å²) in [6, 6.07) is 0. The van der Waals surface area contributed by atoms with E-state index in [9.17, 15) is 37.9 Å². The van der Waals surface area contributed by atoms with Crippen LogP contribution in [-0.2, 0) is 38.7 Å². The number of rotatable bonds is 33. The van der Waals surface area contributed by atoms with E-state index in [2.05, 4.69) is 74.6 Å². The Bertz CT molecular complexity index is 1400. The Morgan fingerprint density at radius 3 is 1.71 bits per heavy atom. The molecule has 0 radical (unpaired) electrons. The fraction of sp³-hybridized carbons (Fsp3) is 0.644. The van der Waals surface area contributed by atoms with E-state index in [0.717, 1.165) is 70.6 Å². The van der Waals surface area contributed by atoms with E-state index in [0.29, 0.717) is 12.8 Å². The highest BCUT2D eigenvalue weighted by Crippen LogP contribution is 2.23. The molecule has 13 heteroatoms. The van der Waals surface area contributed by atoms with Crippen molar-refractivity contribution in [2.45, 2.75) is 166 Å². The van der Waals surface area contributed by atoms with E-state index in [1.165, 1.54) is 19.3 Å². The Balaban J connectivity index is 2.57. The summed E-state index contributed by atoms with van der Waals surface area (Å²) in [5.74, 6) is -2.18. The summed E-state index contributed by atoms with van der Waals surface area (Å²) in [6.45, 7) is 3.49. The molecule has 0 aromatic rings. The average Bonchev–Trinajstić information content (AvgIpc) is 3.18. The first-order valence-electron chi connectivity index (χ1n) is 21.1. The van der Waals surface area contributed by atoms with Crippen molar-refractivity contribution < 1.29 is 56.8 Å². The lowest BCUT2D eigenvalue weighted by atomic mass is 10.00. The molecule has 1 aliphatic heterocycles. The van der Waals surface area contributed by atoms with Crippen molar-refractivity contribution in [3.05, 3.63) is 85.1 Å². The van der Waals surface area contributed by atoms with Gasteiger partial charge in [-0.15, -0.1) is 0 Å². The molecule has 6 unspecified atom stereocenters. The highest BCUT2D eigenvalue weighted by Gasteiger charge is 2.46. The quantitative estimate of drug-likeness (QED) is 0.0216. The zero-order valence-electron chi connectivity index (χ0n) is 34.9. The monoisotopic (exact) mass is 836 g/mol. The molecule has 0 bridgehead atoms. The number of hydrogen-bond donors (Lipinski definition) is 4. The summed E-state index contributed by atoms with van der Waals surface area (Å²) < 4.78 is 53.8. The summed E-state index contributed by atoms with van der Waals surface area (Å²) in [6.07, 6.45) is 35.2. The molecule has 6 atom stereocenters. The zero-order valence-corrected chi connectivity index (χ0v) is 35.7. The molecule has 330 valence electrons. The van der Waals surface area contributed by atoms with Crippen molar-refractivity contribution in [3.63, 3.8) is 0 Å². The number of aliphatic hydroxyl groups excluding tert-OH is 3. The molecule has 4 N–H and O–H groups in total. The van der Waals surface area contributed by atoms with Gasteiger partial charge in [0.1, 0.15) is 36.8 Å². The van der Waals surface area contributed by atoms with E-state index in [1.54, 1.807) is 6.08 Å². The van der Waals surface area contributed by atoms with Crippen LogP contribution in [0.15, 0.2) is 85.1 Å². The van der Waals surface area contributed by atoms with Gasteiger partial charge in [-0.05, 0) is 70.6 Å². The molecule has 0 aromatic carbocycles. The second-order valence-electron chi connectivity index (χ2n) is 14.3. The molecule has 1 rings (SSSR count). The molecule has 1 fully saturated rings. The van der Waals surface area contributed by atoms with Crippen molar-refractivity contribution in [2.24, 2.45) is 0 Å². The van der Waals surface area contributed by atoms with E-state index < -0.39 is 71.2 Å². The summed E-state index contributed by atoms with van der Waals surface area (Å²) in [5, 5.41) is 30.8. The molecule has 58 heavy (non-hydrogen) atoms. The topological polar surface area (TPSA) is 186 Å². The lowest BCUT2D eigenvalue weighted by Crippen LogP contribution is -2.60. The molecule has 1 heterocycles. The predicted octanol–water partition coefficient (Wildman–Crippen LogP) is 8.11. The number of unbranched alkanes of at least 4 members (excludes halogenated alkanes) is 8. The van der Waals surface area contributed by atoms with Crippen molar-refractivity contribution >= 4 is 22.1 Å². The first kappa shape index (κ1) is 52.8. The van der Waals surface area contributed by atoms with Gasteiger partial charge in [0.25, 0.3) is 10.1 Å². The first-order chi connectivity index (χ1) is 28.0. The van der Waals surface area contributed by atoms with Crippen molar-refractivity contribution in [1.82, 2.24) is 0 Å². The van der Waals surface area contributed by atoms with Crippen LogP contribution < -0.4 is 0 Å². The third-order valence-corrected chi connectivity index (χ3v) is 9.74. The molecule has 1 aliphatic rings. The zero-order chi connectivity index (χ0) is 42.7. The summed E-state index contributed by atoms with van der Waals surface area (Å²) in [5.41, 5.74) is 0. The molecule has 0 spiro atoms. The van der Waals surface area contributed by atoms with Crippen LogP contribution in [0.3, 0.4) is 0 Å². The Morgan fingerprint density at radius 2 is 1.14 bits per heavy atom. The van der Waals surface area contributed by atoms with Crippen LogP contribution in [0.25, 0.3) is 0 Å². The SMILES string of the molecule is CC/C=C\C/C=C\C/C=C\C/C=C\C/C=C\CC(=O)OC(COC(=O)CCCCCCC/C=C\C/C=C\CCCCC)COC1OC(CS(=O)(=O)O)C(O)C(O)C1O. The fourth-order valence-corrected chi connectivity index (χ4v) is 6.41. The van der Waals surface area contributed by atoms with Gasteiger partial charge in [0.05, 0.1) is 13.0 Å². The second kappa shape index (κ2) is 34.7. The summed E-state index contributed by atoms with van der Waals surface area (Å²) in [4.78, 5) is 25.3. The molecule has 0 saturated carbocycles. The largest absolute Gasteiger partial charge is 0.462 e. The Labute approximate surface area is 348 Å². The molecule has 0 aromatic heterocycles. The average molecular weight is 837 g/mol. The van der Waals surface area contributed by atoms with Gasteiger partial charge in [0, 0.05) is 6.42 Å². The number of ether oxygens (including phenoxy) is 4. The lowest BCUT2D eigenvalue weighted by Gasteiger charge is -2.40. The molecule has 0 amide bonds. The van der Waals surface area contributed by atoms with Crippen LogP contribution in [0.5, 0.6) is 0 Å². The Morgan fingerprint density at radius 1 is 0.621 bits per heavy atom. The second-order valence-corrected chi connectivity index (χ2v) is 15.8. The minimum atomic E-state index is -4.62. The first-order valence-corrected chi connectivity index (χ1v) is 22.8. The molecular formula is C45H72O12S. The van der Waals surface area contributed by atoms with E-state index in [-0.39, 0.29) is 19.4 Å². The van der Waals surface area contributed by atoms with Gasteiger partial charge < -0.3 is 34.3 Å². The standard InChI is InChI=1S/C45H72O12S/c1-3-5-7-9-11-13-15-17-19-21-23-25-27-29-31-33-40(46)54-35-38(36-55-45-44(50)43(49)42(48)39(57-45)37-58(51,52)53)56-41(47)34-32-30-28-26-24-22-20-18-16-14-12-10-8-6-4-2/h6,8,11-14,17-20,24,26,30,32,38-39,42-45,48-50H,3-5,7,9-10,15-16,21-23,25,27-29,31,33-37H2,1-2H3,(H,51,52,53)/b8-6-,13-11-,14-12-,19-17-,20-18-,26-24-,32-30-. The summed E-state index contributed by atoms with van der Waals surface area (Å²) in [7, 11) is -4.62. The lowest BCUT2D eigenvalue weighted by molar-refractivity contribution is -0.297. The molecule has 0 aliphatic carbocycles. The Hall–Kier alpha value is -3.17. The van der Waals surface area contributed by atoms with Crippen LogP contribution in [0.4, 0.5) is 0 Å². The van der Waals surface area contributed by atoms with Crippen molar-refractivity contribution in [1.29, 1.82) is 0 Å². The number of hydrogen-bond acceptors (Lipinski definition) is 11. The van der Waals surface area contributed by atoms with Gasteiger partial charge in [0.2, 0.25) is 0 Å². The maximum Gasteiger partial charge on any atom is 0.310 e. The van der Waals surface area contributed by atoms with Crippen LogP contribution in [0.2, 0.25) is 0 Å². The van der Waals surface area contributed by atoms with Crippen molar-refractivity contribution in [3.8, 4) is 0 Å². The predicted molar refractivity (Wildman–Crippen MR) is 228 cm³/mol. The van der Waals surface area contributed by atoms with Crippen LogP contribution >= 0.6 is 0 Å². The molecule has 1 saturated heterocycles. The maximum absolute atomic E-state index is 12.7. The van der Waals surface area contributed by atoms with Gasteiger partial charge in [-0.25, -0.2) is 0 Å². The number of aliphatic hydroxyl groups is 3. The summed E-state index contributed by atoms with van der Waals surface area (Å²) >= 11 is 0. The van der Waals surface area contributed by atoms with Crippen LogP contribution in [0.1, 0.15) is 129 Å². The van der Waals surface area contributed by atoms with E-state index in [1.807, 2.05) is 18.2 Å². The minimum Gasteiger partial charge on any atom is -0.462 e. The van der Waals surface area contributed by atoms with E-state index >= 15 is 0 Å². The molecular weight excluding hydrogens is 765 g/mol. The van der Waals surface area contributed by atoms with Gasteiger partial charge in [-0.1, -0.05) is 131 Å².